The van der Waals surface area contributed by atoms with E-state index in [9.17, 15) is 9.18 Å². The molecular weight excluding hydrogens is 319 g/mol. The predicted octanol–water partition coefficient (Wildman–Crippen LogP) is 3.36. The lowest BCUT2D eigenvalue weighted by Crippen LogP contribution is -2.09. The zero-order valence-corrected chi connectivity index (χ0v) is 11.6. The van der Waals surface area contributed by atoms with Gasteiger partial charge in [0.05, 0.1) is 11.3 Å². The van der Waals surface area contributed by atoms with Crippen molar-refractivity contribution in [3.8, 4) is 0 Å². The first-order valence-electron chi connectivity index (χ1n) is 5.12. The van der Waals surface area contributed by atoms with E-state index >= 15 is 0 Å². The Balaban J connectivity index is 2.04. The van der Waals surface area contributed by atoms with E-state index in [1.165, 1.54) is 17.4 Å². The second kappa shape index (κ2) is 5.49. The molecule has 0 radical (unpaired) electrons. The van der Waals surface area contributed by atoms with Crippen molar-refractivity contribution in [3.05, 3.63) is 50.4 Å². The minimum Gasteiger partial charge on any atom is -0.378 e. The number of carbonyl (C=O) groups excluding carboxylic acids is 1. The fourth-order valence-electron chi connectivity index (χ4n) is 1.42. The summed E-state index contributed by atoms with van der Waals surface area (Å²) in [6, 6.07) is 6.51. The fraction of sp³-hybridized carbons (Fsp3) is 0.0833. The van der Waals surface area contributed by atoms with Gasteiger partial charge < -0.3 is 11.1 Å². The molecule has 6 heteroatoms. The molecule has 1 aromatic heterocycles. The summed E-state index contributed by atoms with van der Waals surface area (Å²) in [4.78, 5) is 11.8. The number of nitrogens with one attached hydrogen (secondary N) is 1. The van der Waals surface area contributed by atoms with E-state index in [-0.39, 0.29) is 5.82 Å². The van der Waals surface area contributed by atoms with Gasteiger partial charge in [0.15, 0.2) is 0 Å². The normalized spacial score (nSPS) is 10.3. The summed E-state index contributed by atoms with van der Waals surface area (Å²) in [5.41, 5.74) is 6.06. The van der Waals surface area contributed by atoms with Gasteiger partial charge in [0, 0.05) is 21.3 Å². The van der Waals surface area contributed by atoms with Crippen LogP contribution >= 0.6 is 27.3 Å². The van der Waals surface area contributed by atoms with Crippen LogP contribution in [0.2, 0.25) is 0 Å². The molecule has 0 bridgehead atoms. The fourth-order valence-corrected chi connectivity index (χ4v) is 2.56. The Labute approximate surface area is 116 Å². The number of carbonyl (C=O) groups is 1. The van der Waals surface area contributed by atoms with Gasteiger partial charge in [0.2, 0.25) is 5.91 Å². The number of anilines is 1. The molecule has 0 saturated carbocycles. The number of hydrogen-bond acceptors (Lipinski definition) is 3. The molecule has 3 nitrogen and oxygen atoms in total. The molecule has 0 saturated heterocycles. The van der Waals surface area contributed by atoms with Crippen LogP contribution in [0, 0.1) is 5.82 Å². The third-order valence-electron chi connectivity index (χ3n) is 2.32. The quantitative estimate of drug-likeness (QED) is 0.904. The van der Waals surface area contributed by atoms with Crippen LogP contribution < -0.4 is 11.1 Å². The molecule has 1 heterocycles. The molecule has 1 amide bonds. The standard InChI is InChI=1S/C12H10BrFN2OS/c13-8-1-2-11(10(14)4-8)16-5-9-3-7(6-18-9)12(15)17/h1-4,6,16H,5H2,(H2,15,17). The molecule has 0 aliphatic rings. The topological polar surface area (TPSA) is 55.1 Å². The SMILES string of the molecule is NC(=O)c1csc(CNc2ccc(Br)cc2F)c1. The Morgan fingerprint density at radius 1 is 1.44 bits per heavy atom. The molecule has 0 aliphatic carbocycles. The minimum atomic E-state index is -0.452. The van der Waals surface area contributed by atoms with Gasteiger partial charge in [-0.2, -0.15) is 0 Å². The Morgan fingerprint density at radius 3 is 2.83 bits per heavy atom. The first-order chi connectivity index (χ1) is 8.56. The monoisotopic (exact) mass is 328 g/mol. The molecule has 0 aliphatic heterocycles. The van der Waals surface area contributed by atoms with Crippen LogP contribution in [0.15, 0.2) is 34.1 Å². The van der Waals surface area contributed by atoms with E-state index < -0.39 is 5.91 Å². The molecule has 0 fully saturated rings. The second-order valence-corrected chi connectivity index (χ2v) is 5.56. The van der Waals surface area contributed by atoms with E-state index in [0.29, 0.717) is 22.3 Å². The summed E-state index contributed by atoms with van der Waals surface area (Å²) in [6.45, 7) is 0.455. The maximum absolute atomic E-state index is 13.5. The molecule has 2 rings (SSSR count). The van der Waals surface area contributed by atoms with Crippen LogP contribution in [-0.2, 0) is 6.54 Å². The first-order valence-corrected chi connectivity index (χ1v) is 6.79. The van der Waals surface area contributed by atoms with Crippen LogP contribution in [0.3, 0.4) is 0 Å². The number of rotatable bonds is 4. The van der Waals surface area contributed by atoms with E-state index in [2.05, 4.69) is 21.2 Å². The van der Waals surface area contributed by atoms with Crippen LogP contribution in [0.5, 0.6) is 0 Å². The molecule has 94 valence electrons. The Morgan fingerprint density at radius 2 is 2.22 bits per heavy atom. The summed E-state index contributed by atoms with van der Waals surface area (Å²) in [5.74, 6) is -0.775. The van der Waals surface area contributed by atoms with E-state index in [4.69, 9.17) is 5.73 Å². The highest BCUT2D eigenvalue weighted by Crippen LogP contribution is 2.21. The molecule has 0 atom stereocenters. The third kappa shape index (κ3) is 3.08. The van der Waals surface area contributed by atoms with Crippen molar-refractivity contribution in [2.24, 2.45) is 5.73 Å². The van der Waals surface area contributed by atoms with Gasteiger partial charge in [-0.15, -0.1) is 11.3 Å². The highest BCUT2D eigenvalue weighted by molar-refractivity contribution is 9.10. The number of primary amides is 1. The van der Waals surface area contributed by atoms with Crippen molar-refractivity contribution >= 4 is 38.9 Å². The largest absolute Gasteiger partial charge is 0.378 e. The Hall–Kier alpha value is -1.40. The first kappa shape index (κ1) is 13.0. The lowest BCUT2D eigenvalue weighted by Gasteiger charge is -2.06. The van der Waals surface area contributed by atoms with Crippen molar-refractivity contribution in [1.29, 1.82) is 0 Å². The maximum Gasteiger partial charge on any atom is 0.249 e. The molecule has 18 heavy (non-hydrogen) atoms. The van der Waals surface area contributed by atoms with Crippen molar-refractivity contribution in [2.75, 3.05) is 5.32 Å². The van der Waals surface area contributed by atoms with Crippen molar-refractivity contribution < 1.29 is 9.18 Å². The summed E-state index contributed by atoms with van der Waals surface area (Å²) in [6.07, 6.45) is 0. The highest BCUT2D eigenvalue weighted by atomic mass is 79.9. The highest BCUT2D eigenvalue weighted by Gasteiger charge is 2.06. The van der Waals surface area contributed by atoms with Gasteiger partial charge in [0.1, 0.15) is 5.82 Å². The predicted molar refractivity (Wildman–Crippen MR) is 74.3 cm³/mol. The smallest absolute Gasteiger partial charge is 0.249 e. The summed E-state index contributed by atoms with van der Waals surface area (Å²) in [7, 11) is 0. The Kier molecular flexibility index (Phi) is 3.98. The molecule has 0 spiro atoms. The van der Waals surface area contributed by atoms with Gasteiger partial charge >= 0.3 is 0 Å². The Bertz CT molecular complexity index is 585. The average molecular weight is 329 g/mol. The van der Waals surface area contributed by atoms with E-state index in [1.54, 1.807) is 23.6 Å². The molecule has 1 aromatic carbocycles. The zero-order valence-electron chi connectivity index (χ0n) is 9.24. The average Bonchev–Trinajstić information content (AvgIpc) is 2.76. The van der Waals surface area contributed by atoms with Crippen LogP contribution in [-0.4, -0.2) is 5.91 Å². The summed E-state index contributed by atoms with van der Waals surface area (Å²) in [5, 5.41) is 4.66. The van der Waals surface area contributed by atoms with Crippen LogP contribution in [0.1, 0.15) is 15.2 Å². The third-order valence-corrected chi connectivity index (χ3v) is 3.75. The number of amides is 1. The molecule has 2 aromatic rings. The number of nitrogens with two attached hydrogens (primary N) is 1. The molecule has 0 unspecified atom stereocenters. The number of halogens is 2. The summed E-state index contributed by atoms with van der Waals surface area (Å²) < 4.78 is 14.2. The van der Waals surface area contributed by atoms with Gasteiger partial charge in [-0.1, -0.05) is 15.9 Å². The van der Waals surface area contributed by atoms with Gasteiger partial charge in [-0.25, -0.2) is 4.39 Å². The van der Waals surface area contributed by atoms with Gasteiger partial charge in [-0.3, -0.25) is 4.79 Å². The number of benzene rings is 1. The summed E-state index contributed by atoms with van der Waals surface area (Å²) >= 11 is 4.61. The number of hydrogen-bond donors (Lipinski definition) is 2. The minimum absolute atomic E-state index is 0.323. The van der Waals surface area contributed by atoms with Gasteiger partial charge in [-0.05, 0) is 24.3 Å². The zero-order chi connectivity index (χ0) is 13.1. The van der Waals surface area contributed by atoms with Crippen LogP contribution in [0.25, 0.3) is 0 Å². The van der Waals surface area contributed by atoms with Crippen LogP contribution in [0.4, 0.5) is 10.1 Å². The van der Waals surface area contributed by atoms with Gasteiger partial charge in [0.25, 0.3) is 0 Å². The van der Waals surface area contributed by atoms with Crippen molar-refractivity contribution in [2.45, 2.75) is 6.54 Å². The molecule has 3 N–H and O–H groups in total. The molecular formula is C12H10BrFN2OS. The van der Waals surface area contributed by atoms with E-state index in [0.717, 1.165) is 4.88 Å². The maximum atomic E-state index is 13.5. The second-order valence-electron chi connectivity index (χ2n) is 3.64. The lowest BCUT2D eigenvalue weighted by atomic mass is 10.3. The van der Waals surface area contributed by atoms with Crippen molar-refractivity contribution in [3.63, 3.8) is 0 Å². The van der Waals surface area contributed by atoms with Crippen molar-refractivity contribution in [1.82, 2.24) is 0 Å². The number of thiophene rings is 1. The lowest BCUT2D eigenvalue weighted by molar-refractivity contribution is 0.100. The van der Waals surface area contributed by atoms with E-state index in [1.807, 2.05) is 0 Å².